The Bertz CT molecular complexity index is 117. The smallest absolute Gasteiger partial charge is 0.0417 e. The quantitative estimate of drug-likeness (QED) is 0.358. The number of rotatable bonds is 12. The molecule has 16 heavy (non-hydrogen) atoms. The van der Waals surface area contributed by atoms with Crippen LogP contribution in [0.3, 0.4) is 0 Å². The zero-order valence-electron chi connectivity index (χ0n) is 11.5. The lowest BCUT2D eigenvalue weighted by Crippen LogP contribution is -1.98. The van der Waals surface area contributed by atoms with Gasteiger partial charge in [0.05, 0.1) is 0 Å². The van der Waals surface area contributed by atoms with Gasteiger partial charge in [-0.3, -0.25) is 0 Å². The second kappa shape index (κ2) is 13.1. The minimum atomic E-state index is 0.948. The Morgan fingerprint density at radius 2 is 1.25 bits per heavy atom. The summed E-state index contributed by atoms with van der Waals surface area (Å²) in [6.07, 6.45) is 16.2. The van der Waals surface area contributed by atoms with Gasteiger partial charge in [-0.1, -0.05) is 97.8 Å². The normalized spacial score (nSPS) is 12.9. The Morgan fingerprint density at radius 3 is 1.75 bits per heavy atom. The molecule has 0 bridgehead atoms. The van der Waals surface area contributed by atoms with Crippen molar-refractivity contribution in [2.24, 2.45) is 5.92 Å². The molecule has 0 amide bonds. The van der Waals surface area contributed by atoms with Crippen LogP contribution in [0.4, 0.5) is 0 Å². The van der Waals surface area contributed by atoms with E-state index in [1.165, 1.54) is 64.2 Å². The zero-order chi connectivity index (χ0) is 12.1. The molecule has 0 spiro atoms. The van der Waals surface area contributed by atoms with Crippen LogP contribution in [0.1, 0.15) is 84.0 Å². The summed E-state index contributed by atoms with van der Waals surface area (Å²) in [5.74, 6) is 0.948. The Kier molecular flexibility index (Phi) is 13.1. The Hall–Kier alpha value is 0. The summed E-state index contributed by atoms with van der Waals surface area (Å²) in [6, 6.07) is 0. The van der Waals surface area contributed by atoms with Gasteiger partial charge < -0.3 is 0 Å². The van der Waals surface area contributed by atoms with Crippen LogP contribution >= 0.6 is 0 Å². The van der Waals surface area contributed by atoms with Crippen molar-refractivity contribution in [2.75, 3.05) is 0 Å². The molecule has 2 radical (unpaired) electrons. The van der Waals surface area contributed by atoms with Crippen LogP contribution in [0.2, 0.25) is 0 Å². The molecule has 0 aromatic heterocycles. The Labute approximate surface area is 104 Å². The summed E-state index contributed by atoms with van der Waals surface area (Å²) in [5.41, 5.74) is 0. The van der Waals surface area contributed by atoms with Crippen LogP contribution in [-0.4, -0.2) is 0 Å². The molecule has 0 heteroatoms. The summed E-state index contributed by atoms with van der Waals surface area (Å²) in [5, 5.41) is 0. The molecule has 0 aromatic carbocycles. The van der Waals surface area contributed by atoms with Gasteiger partial charge in [-0.15, -0.1) is 0 Å². The maximum atomic E-state index is 3.95. The Balaban J connectivity index is 3.12. The van der Waals surface area contributed by atoms with E-state index >= 15 is 0 Å². The van der Waals surface area contributed by atoms with Gasteiger partial charge >= 0.3 is 0 Å². The largest absolute Gasteiger partial charge is 0.0651 e. The third kappa shape index (κ3) is 10.5. The third-order valence-corrected chi connectivity index (χ3v) is 3.55. The second-order valence-corrected chi connectivity index (χ2v) is 5.03. The molecule has 0 N–H and O–H groups in total. The highest BCUT2D eigenvalue weighted by atomic mass is 14.1. The maximum Gasteiger partial charge on any atom is -0.0417 e. The molecule has 96 valence electrons. The molecule has 0 aliphatic carbocycles. The molecular weight excluding hydrogens is 192 g/mol. The highest BCUT2D eigenvalue weighted by Gasteiger charge is 2.03. The minimum absolute atomic E-state index is 0.948. The molecule has 1 atom stereocenters. The van der Waals surface area contributed by atoms with Crippen LogP contribution in [0.5, 0.6) is 0 Å². The lowest BCUT2D eigenvalue weighted by atomic mass is 9.94. The molecule has 0 aliphatic rings. The third-order valence-electron chi connectivity index (χ3n) is 3.55. The molecule has 0 saturated heterocycles. The summed E-state index contributed by atoms with van der Waals surface area (Å²) in [6.45, 7) is 10.1. The van der Waals surface area contributed by atoms with E-state index in [1.807, 2.05) is 0 Å². The summed E-state index contributed by atoms with van der Waals surface area (Å²) >= 11 is 0. The van der Waals surface area contributed by atoms with Gasteiger partial charge in [-0.05, 0) is 5.92 Å². The first-order valence-corrected chi connectivity index (χ1v) is 7.43. The molecule has 0 saturated carbocycles. The van der Waals surface area contributed by atoms with Crippen LogP contribution < -0.4 is 0 Å². The highest BCUT2D eigenvalue weighted by Crippen LogP contribution is 2.19. The molecule has 1 unspecified atom stereocenters. The minimum Gasteiger partial charge on any atom is -0.0651 e. The zero-order valence-corrected chi connectivity index (χ0v) is 11.5. The topological polar surface area (TPSA) is 0 Å². The van der Waals surface area contributed by atoms with Crippen molar-refractivity contribution >= 4 is 0 Å². The van der Waals surface area contributed by atoms with Crippen molar-refractivity contribution in [1.82, 2.24) is 0 Å². The van der Waals surface area contributed by atoms with Crippen molar-refractivity contribution in [2.45, 2.75) is 84.0 Å². The fourth-order valence-electron chi connectivity index (χ4n) is 2.33. The summed E-state index contributed by atoms with van der Waals surface area (Å²) in [4.78, 5) is 0. The van der Waals surface area contributed by atoms with Crippen molar-refractivity contribution in [3.8, 4) is 0 Å². The van der Waals surface area contributed by atoms with E-state index in [9.17, 15) is 0 Å². The van der Waals surface area contributed by atoms with Gasteiger partial charge in [0.15, 0.2) is 0 Å². The van der Waals surface area contributed by atoms with Crippen LogP contribution in [0, 0.1) is 19.8 Å². The fraction of sp³-hybridized carbons (Fsp3) is 0.875. The molecule has 0 aromatic rings. The average Bonchev–Trinajstić information content (AvgIpc) is 2.31. The van der Waals surface area contributed by atoms with Crippen LogP contribution in [0.15, 0.2) is 0 Å². The van der Waals surface area contributed by atoms with Crippen molar-refractivity contribution in [3.05, 3.63) is 13.8 Å². The Morgan fingerprint density at radius 1 is 0.688 bits per heavy atom. The monoisotopic (exact) mass is 224 g/mol. The van der Waals surface area contributed by atoms with Crippen molar-refractivity contribution < 1.29 is 0 Å². The molecule has 0 nitrogen and oxygen atoms in total. The first-order chi connectivity index (χ1) is 7.85. The number of hydrogen-bond donors (Lipinski definition) is 0. The molecular formula is C16H32. The van der Waals surface area contributed by atoms with Gasteiger partial charge in [0.2, 0.25) is 0 Å². The van der Waals surface area contributed by atoms with Gasteiger partial charge in [0.1, 0.15) is 0 Å². The summed E-state index contributed by atoms with van der Waals surface area (Å²) < 4.78 is 0. The van der Waals surface area contributed by atoms with Crippen LogP contribution in [0.25, 0.3) is 0 Å². The van der Waals surface area contributed by atoms with Gasteiger partial charge in [0.25, 0.3) is 0 Å². The molecule has 0 rings (SSSR count). The van der Waals surface area contributed by atoms with Crippen LogP contribution in [-0.2, 0) is 0 Å². The van der Waals surface area contributed by atoms with E-state index < -0.39 is 0 Å². The average molecular weight is 224 g/mol. The van der Waals surface area contributed by atoms with E-state index in [0.717, 1.165) is 18.8 Å². The van der Waals surface area contributed by atoms with E-state index in [-0.39, 0.29) is 0 Å². The maximum absolute atomic E-state index is 3.95. The molecule has 0 aliphatic heterocycles. The predicted octanol–water partition coefficient (Wildman–Crippen LogP) is 5.97. The SMILES string of the molecule is [CH2]CCCCCCCCCC(CC)CC[CH2]. The van der Waals surface area contributed by atoms with E-state index in [0.29, 0.717) is 0 Å². The van der Waals surface area contributed by atoms with Gasteiger partial charge in [-0.2, -0.15) is 0 Å². The lowest BCUT2D eigenvalue weighted by Gasteiger charge is -2.12. The first-order valence-electron chi connectivity index (χ1n) is 7.43. The fourth-order valence-corrected chi connectivity index (χ4v) is 2.33. The van der Waals surface area contributed by atoms with E-state index in [4.69, 9.17) is 0 Å². The number of unbranched alkanes of at least 4 members (excludes halogenated alkanes) is 7. The molecule has 0 heterocycles. The van der Waals surface area contributed by atoms with Gasteiger partial charge in [-0.25, -0.2) is 0 Å². The van der Waals surface area contributed by atoms with Crippen molar-refractivity contribution in [1.29, 1.82) is 0 Å². The lowest BCUT2D eigenvalue weighted by molar-refractivity contribution is 0.414. The highest BCUT2D eigenvalue weighted by molar-refractivity contribution is 4.59. The molecule has 0 fully saturated rings. The van der Waals surface area contributed by atoms with E-state index in [1.54, 1.807) is 0 Å². The predicted molar refractivity (Wildman–Crippen MR) is 75.3 cm³/mol. The van der Waals surface area contributed by atoms with Gasteiger partial charge in [0, 0.05) is 0 Å². The number of hydrogen-bond acceptors (Lipinski definition) is 0. The second-order valence-electron chi connectivity index (χ2n) is 5.03. The standard InChI is InChI=1S/C16H32/c1-4-7-8-9-10-11-12-13-15-16(6-3)14-5-2/h16H,1-2,4-15H2,3H3. The van der Waals surface area contributed by atoms with E-state index in [2.05, 4.69) is 20.8 Å². The summed E-state index contributed by atoms with van der Waals surface area (Å²) in [7, 11) is 0. The first kappa shape index (κ1) is 16.0. The van der Waals surface area contributed by atoms with Crippen molar-refractivity contribution in [3.63, 3.8) is 0 Å².